The van der Waals surface area contributed by atoms with Crippen molar-refractivity contribution < 1.29 is 4.84 Å². The van der Waals surface area contributed by atoms with Gasteiger partial charge in [0, 0.05) is 23.5 Å². The zero-order valence-corrected chi connectivity index (χ0v) is 10.0. The summed E-state index contributed by atoms with van der Waals surface area (Å²) in [6.45, 7) is 6.44. The van der Waals surface area contributed by atoms with Gasteiger partial charge in [0.05, 0.1) is 5.54 Å². The first-order valence-electron chi connectivity index (χ1n) is 5.58. The van der Waals surface area contributed by atoms with E-state index in [2.05, 4.69) is 26.8 Å². The Bertz CT molecular complexity index is 424. The molecule has 0 fully saturated rings. The van der Waals surface area contributed by atoms with Crippen molar-refractivity contribution in [2.45, 2.75) is 32.7 Å². The quantitative estimate of drug-likeness (QED) is 0.775. The van der Waals surface area contributed by atoms with E-state index in [0.717, 1.165) is 23.4 Å². The van der Waals surface area contributed by atoms with Gasteiger partial charge in [-0.2, -0.15) is 0 Å². The number of benzene rings is 1. The summed E-state index contributed by atoms with van der Waals surface area (Å²) in [5.74, 6) is 0.823. The Morgan fingerprint density at radius 1 is 1.38 bits per heavy atom. The molecule has 0 radical (unpaired) electrons. The van der Waals surface area contributed by atoms with Gasteiger partial charge in [0.2, 0.25) is 0 Å². The monoisotopic (exact) mass is 218 g/mol. The normalized spacial score (nSPS) is 14.6. The fourth-order valence-electron chi connectivity index (χ4n) is 1.53. The van der Waals surface area contributed by atoms with Crippen LogP contribution in [0.4, 0.5) is 5.69 Å². The first-order chi connectivity index (χ1) is 7.53. The van der Waals surface area contributed by atoms with Gasteiger partial charge in [-0.25, -0.2) is 5.06 Å². The Balaban J connectivity index is 2.30. The van der Waals surface area contributed by atoms with Crippen molar-refractivity contribution in [3.63, 3.8) is 0 Å². The van der Waals surface area contributed by atoms with Gasteiger partial charge in [0.25, 0.3) is 0 Å². The van der Waals surface area contributed by atoms with Crippen LogP contribution < -0.4 is 10.6 Å². The molecule has 2 N–H and O–H groups in total. The summed E-state index contributed by atoms with van der Waals surface area (Å²) in [5, 5.41) is 1.88. The van der Waals surface area contributed by atoms with E-state index in [4.69, 9.17) is 10.6 Å². The molecule has 0 atom stereocenters. The predicted molar refractivity (Wildman–Crippen MR) is 66.7 cm³/mol. The van der Waals surface area contributed by atoms with Crippen molar-refractivity contribution in [1.29, 1.82) is 0 Å². The summed E-state index contributed by atoms with van der Waals surface area (Å²) >= 11 is 0. The second-order valence-electron chi connectivity index (χ2n) is 4.70. The van der Waals surface area contributed by atoms with E-state index in [1.807, 2.05) is 29.5 Å². The van der Waals surface area contributed by atoms with Crippen LogP contribution in [0.25, 0.3) is 6.08 Å². The molecule has 1 heterocycles. The van der Waals surface area contributed by atoms with Gasteiger partial charge in [0.15, 0.2) is 5.75 Å². The van der Waals surface area contributed by atoms with E-state index < -0.39 is 0 Å². The molecule has 1 aromatic carbocycles. The van der Waals surface area contributed by atoms with Crippen molar-refractivity contribution in [1.82, 2.24) is 5.06 Å². The first kappa shape index (κ1) is 10.9. The van der Waals surface area contributed by atoms with Gasteiger partial charge < -0.3 is 10.6 Å². The number of hydrogen-bond acceptors (Lipinski definition) is 3. The fraction of sp³-hybridized carbons (Fsp3) is 0.385. The smallest absolute Gasteiger partial charge is 0.164 e. The van der Waals surface area contributed by atoms with Crippen molar-refractivity contribution in [3.8, 4) is 5.75 Å². The third-order valence-electron chi connectivity index (χ3n) is 3.09. The highest BCUT2D eigenvalue weighted by atomic mass is 16.7. The van der Waals surface area contributed by atoms with E-state index in [1.165, 1.54) is 0 Å². The molecular weight excluding hydrogens is 200 g/mol. The van der Waals surface area contributed by atoms with E-state index >= 15 is 0 Å². The lowest BCUT2D eigenvalue weighted by Gasteiger charge is -2.37. The highest BCUT2D eigenvalue weighted by Crippen LogP contribution is 2.31. The summed E-state index contributed by atoms with van der Waals surface area (Å²) in [5.41, 5.74) is 7.52. The van der Waals surface area contributed by atoms with Crippen LogP contribution in [0, 0.1) is 0 Å². The lowest BCUT2D eigenvalue weighted by molar-refractivity contribution is -0.0902. The molecule has 1 aliphatic heterocycles. The number of nitrogens with zero attached hydrogens (tertiary/aromatic N) is 1. The Morgan fingerprint density at radius 3 is 2.81 bits per heavy atom. The molecular formula is C13H18N2O. The maximum Gasteiger partial charge on any atom is 0.164 e. The molecule has 0 aromatic heterocycles. The third kappa shape index (κ3) is 1.85. The topological polar surface area (TPSA) is 38.5 Å². The average molecular weight is 218 g/mol. The Hall–Kier alpha value is -1.64. The minimum atomic E-state index is -0.0151. The van der Waals surface area contributed by atoms with Crippen molar-refractivity contribution in [3.05, 3.63) is 30.0 Å². The van der Waals surface area contributed by atoms with Gasteiger partial charge in [-0.1, -0.05) is 6.92 Å². The molecule has 0 bridgehead atoms. The van der Waals surface area contributed by atoms with E-state index in [1.54, 1.807) is 0 Å². The zero-order chi connectivity index (χ0) is 11.8. The van der Waals surface area contributed by atoms with E-state index in [0.29, 0.717) is 0 Å². The molecule has 3 nitrogen and oxygen atoms in total. The lowest BCUT2D eigenvalue weighted by Crippen LogP contribution is -2.42. The molecule has 0 saturated carbocycles. The maximum absolute atomic E-state index is 5.83. The van der Waals surface area contributed by atoms with Crippen molar-refractivity contribution in [2.24, 2.45) is 0 Å². The number of anilines is 1. The van der Waals surface area contributed by atoms with Crippen molar-refractivity contribution >= 4 is 11.8 Å². The lowest BCUT2D eigenvalue weighted by atomic mass is 10.0. The molecule has 0 amide bonds. The molecule has 0 aliphatic carbocycles. The molecule has 2 rings (SSSR count). The van der Waals surface area contributed by atoms with Crippen LogP contribution in [-0.2, 0) is 0 Å². The van der Waals surface area contributed by atoms with Gasteiger partial charge in [-0.3, -0.25) is 0 Å². The number of nitrogen functional groups attached to an aromatic ring is 1. The summed E-state index contributed by atoms with van der Waals surface area (Å²) < 4.78 is 0. The minimum absolute atomic E-state index is 0.0151. The number of rotatable bonds is 2. The molecule has 1 aromatic rings. The second-order valence-corrected chi connectivity index (χ2v) is 4.70. The molecule has 0 spiro atoms. The predicted octanol–water partition coefficient (Wildman–Crippen LogP) is 3.04. The Morgan fingerprint density at radius 2 is 2.12 bits per heavy atom. The highest BCUT2D eigenvalue weighted by Gasteiger charge is 2.26. The summed E-state index contributed by atoms with van der Waals surface area (Å²) in [4.78, 5) is 5.83. The van der Waals surface area contributed by atoms with Crippen molar-refractivity contribution in [2.75, 3.05) is 5.73 Å². The summed E-state index contributed by atoms with van der Waals surface area (Å²) in [7, 11) is 0. The molecule has 3 heteroatoms. The van der Waals surface area contributed by atoms with Gasteiger partial charge >= 0.3 is 0 Å². The summed E-state index contributed by atoms with van der Waals surface area (Å²) in [6.07, 6.45) is 5.03. The molecule has 0 saturated heterocycles. The summed E-state index contributed by atoms with van der Waals surface area (Å²) in [6, 6.07) is 5.71. The maximum atomic E-state index is 5.83. The fourth-order valence-corrected chi connectivity index (χ4v) is 1.53. The highest BCUT2D eigenvalue weighted by molar-refractivity contribution is 5.62. The van der Waals surface area contributed by atoms with Crippen LogP contribution in [0.5, 0.6) is 5.75 Å². The zero-order valence-electron chi connectivity index (χ0n) is 10.0. The van der Waals surface area contributed by atoms with Gasteiger partial charge in [0.1, 0.15) is 0 Å². The first-order valence-corrected chi connectivity index (χ1v) is 5.58. The van der Waals surface area contributed by atoms with Crippen LogP contribution >= 0.6 is 0 Å². The third-order valence-corrected chi connectivity index (χ3v) is 3.09. The Labute approximate surface area is 96.5 Å². The van der Waals surface area contributed by atoms with Gasteiger partial charge in [-0.15, -0.1) is 0 Å². The number of fused-ring (bicyclic) bond motifs is 1. The minimum Gasteiger partial charge on any atom is -0.399 e. The van der Waals surface area contributed by atoms with Crippen LogP contribution in [-0.4, -0.2) is 10.6 Å². The molecule has 86 valence electrons. The number of hydrogen-bond donors (Lipinski definition) is 1. The standard InChI is InChI=1S/C13H18N2O/c1-4-13(2,3)15-8-7-10-5-6-11(14)9-12(10)16-15/h5-9H,4,14H2,1-3H3. The van der Waals surface area contributed by atoms with Crippen LogP contribution in [0.3, 0.4) is 0 Å². The van der Waals surface area contributed by atoms with Crippen LogP contribution in [0.1, 0.15) is 32.8 Å². The second kappa shape index (κ2) is 3.74. The molecule has 16 heavy (non-hydrogen) atoms. The van der Waals surface area contributed by atoms with Crippen LogP contribution in [0.15, 0.2) is 24.4 Å². The van der Waals surface area contributed by atoms with E-state index in [-0.39, 0.29) is 5.54 Å². The molecule has 0 unspecified atom stereocenters. The largest absolute Gasteiger partial charge is 0.399 e. The SMILES string of the molecule is CCC(C)(C)N1C=Cc2ccc(N)cc2O1. The molecule has 1 aliphatic rings. The van der Waals surface area contributed by atoms with Gasteiger partial charge in [-0.05, 0) is 38.5 Å². The number of nitrogens with two attached hydrogens (primary N) is 1. The Kier molecular flexibility index (Phi) is 2.54. The average Bonchev–Trinajstić information content (AvgIpc) is 2.28. The number of hydroxylamine groups is 2. The van der Waals surface area contributed by atoms with E-state index in [9.17, 15) is 0 Å². The van der Waals surface area contributed by atoms with Crippen LogP contribution in [0.2, 0.25) is 0 Å².